The molecule has 0 bridgehead atoms. The number of aryl methyl sites for hydroxylation is 1. The van der Waals surface area contributed by atoms with Crippen LogP contribution in [0.4, 0.5) is 10.1 Å². The van der Waals surface area contributed by atoms with Crippen molar-refractivity contribution in [2.24, 2.45) is 0 Å². The highest BCUT2D eigenvalue weighted by Crippen LogP contribution is 2.39. The summed E-state index contributed by atoms with van der Waals surface area (Å²) in [6, 6.07) is 11.9. The number of hydrogen-bond acceptors (Lipinski definition) is 6. The van der Waals surface area contributed by atoms with Crippen molar-refractivity contribution in [2.45, 2.75) is 25.8 Å². The van der Waals surface area contributed by atoms with Crippen LogP contribution in [-0.4, -0.2) is 57.3 Å². The van der Waals surface area contributed by atoms with Gasteiger partial charge in [0.25, 0.3) is 0 Å². The summed E-state index contributed by atoms with van der Waals surface area (Å²) in [5.74, 6) is 0.0270. The number of anilines is 1. The van der Waals surface area contributed by atoms with E-state index in [2.05, 4.69) is 52.6 Å². The van der Waals surface area contributed by atoms with Gasteiger partial charge in [-0.1, -0.05) is 29.8 Å². The molecule has 7 nitrogen and oxygen atoms in total. The van der Waals surface area contributed by atoms with Gasteiger partial charge in [0.2, 0.25) is 10.4 Å². The van der Waals surface area contributed by atoms with E-state index in [4.69, 9.17) is 10.1 Å². The number of rotatable bonds is 4. The van der Waals surface area contributed by atoms with E-state index in [0.717, 1.165) is 60.8 Å². The van der Waals surface area contributed by atoms with E-state index in [1.54, 1.807) is 4.52 Å². The number of piperazine rings is 1. The molecule has 0 N–H and O–H groups in total. The van der Waals surface area contributed by atoms with Crippen molar-refractivity contribution < 1.29 is 4.39 Å². The SMILES string of the molecule is Cc1ccc(-c2csc3nc(-c4cn(C5CC5)c5cc(N6CCN(C)CC6)c(F)cc5c4=O)nn23)cc1. The Labute approximate surface area is 217 Å². The second-order valence-electron chi connectivity index (χ2n) is 10.2. The third-order valence-corrected chi connectivity index (χ3v) is 8.37. The van der Waals surface area contributed by atoms with Crippen molar-refractivity contribution in [3.8, 4) is 22.6 Å². The van der Waals surface area contributed by atoms with Crippen LogP contribution in [0.5, 0.6) is 0 Å². The third-order valence-electron chi connectivity index (χ3n) is 7.55. The molecule has 0 unspecified atom stereocenters. The predicted molar refractivity (Wildman–Crippen MR) is 146 cm³/mol. The third kappa shape index (κ3) is 3.84. The zero-order chi connectivity index (χ0) is 25.3. The van der Waals surface area contributed by atoms with E-state index in [1.807, 2.05) is 17.6 Å². The Hall–Kier alpha value is -3.56. The highest BCUT2D eigenvalue weighted by molar-refractivity contribution is 7.15. The number of pyridine rings is 1. The molecule has 37 heavy (non-hydrogen) atoms. The molecule has 7 rings (SSSR count). The smallest absolute Gasteiger partial charge is 0.213 e. The van der Waals surface area contributed by atoms with Crippen molar-refractivity contribution in [3.05, 3.63) is 69.6 Å². The van der Waals surface area contributed by atoms with Gasteiger partial charge >= 0.3 is 0 Å². The maximum atomic E-state index is 15.4. The summed E-state index contributed by atoms with van der Waals surface area (Å²) in [4.78, 5) is 23.5. The summed E-state index contributed by atoms with van der Waals surface area (Å²) in [5, 5.41) is 7.16. The van der Waals surface area contributed by atoms with Crippen molar-refractivity contribution >= 4 is 32.9 Å². The number of thiazole rings is 1. The lowest BCUT2D eigenvalue weighted by atomic mass is 10.1. The first-order valence-corrected chi connectivity index (χ1v) is 13.6. The Morgan fingerprint density at radius 2 is 1.81 bits per heavy atom. The monoisotopic (exact) mass is 514 g/mol. The second-order valence-corrected chi connectivity index (χ2v) is 11.1. The largest absolute Gasteiger partial charge is 0.367 e. The summed E-state index contributed by atoms with van der Waals surface area (Å²) in [6.07, 6.45) is 3.98. The summed E-state index contributed by atoms with van der Waals surface area (Å²) in [6.45, 7) is 5.37. The van der Waals surface area contributed by atoms with Crippen LogP contribution in [0.2, 0.25) is 0 Å². The fourth-order valence-corrected chi connectivity index (χ4v) is 6.01. The van der Waals surface area contributed by atoms with Crippen LogP contribution < -0.4 is 10.3 Å². The lowest BCUT2D eigenvalue weighted by Crippen LogP contribution is -2.44. The van der Waals surface area contributed by atoms with Crippen LogP contribution in [-0.2, 0) is 0 Å². The van der Waals surface area contributed by atoms with E-state index in [-0.39, 0.29) is 11.2 Å². The number of likely N-dealkylation sites (N-methyl/N-ethyl adjacent to an activating group) is 1. The van der Waals surface area contributed by atoms with Gasteiger partial charge in [0.05, 0.1) is 22.5 Å². The van der Waals surface area contributed by atoms with Gasteiger partial charge in [-0.25, -0.2) is 8.91 Å². The van der Waals surface area contributed by atoms with Crippen LogP contribution >= 0.6 is 11.3 Å². The van der Waals surface area contributed by atoms with Crippen LogP contribution in [0.25, 0.3) is 38.5 Å². The fraction of sp³-hybridized carbons (Fsp3) is 0.321. The lowest BCUT2D eigenvalue weighted by Gasteiger charge is -2.34. The summed E-state index contributed by atoms with van der Waals surface area (Å²) >= 11 is 1.49. The van der Waals surface area contributed by atoms with E-state index in [9.17, 15) is 4.79 Å². The van der Waals surface area contributed by atoms with Crippen molar-refractivity contribution in [3.63, 3.8) is 0 Å². The van der Waals surface area contributed by atoms with Gasteiger partial charge in [0, 0.05) is 54.7 Å². The minimum absolute atomic E-state index is 0.231. The average molecular weight is 515 g/mol. The Morgan fingerprint density at radius 1 is 1.05 bits per heavy atom. The first-order chi connectivity index (χ1) is 18.0. The van der Waals surface area contributed by atoms with Gasteiger partial charge in [-0.3, -0.25) is 4.79 Å². The van der Waals surface area contributed by atoms with Gasteiger partial charge in [-0.05, 0) is 38.9 Å². The standard InChI is InChI=1S/C28H27FN6OS/c1-17-3-5-18(6-4-17)25-16-37-28-30-27(31-35(25)28)21-15-34(19-7-8-19)23-14-24(22(29)13-20(23)26(21)36)33-11-9-32(2)10-12-33/h3-6,13-16,19H,7-12H2,1-2H3. The Bertz CT molecular complexity index is 1710. The molecule has 1 aliphatic carbocycles. The molecular formula is C28H27FN6OS. The molecule has 3 aromatic heterocycles. The van der Waals surface area contributed by atoms with Crippen LogP contribution in [0.3, 0.4) is 0 Å². The van der Waals surface area contributed by atoms with Gasteiger partial charge < -0.3 is 14.4 Å². The number of nitrogens with zero attached hydrogens (tertiary/aromatic N) is 6. The first kappa shape index (κ1) is 22.6. The molecule has 1 aliphatic heterocycles. The highest BCUT2D eigenvalue weighted by Gasteiger charge is 2.28. The highest BCUT2D eigenvalue weighted by atomic mass is 32.1. The van der Waals surface area contributed by atoms with Gasteiger partial charge in [0.15, 0.2) is 5.82 Å². The van der Waals surface area contributed by atoms with Crippen molar-refractivity contribution in [1.29, 1.82) is 0 Å². The average Bonchev–Trinajstić information content (AvgIpc) is 3.54. The normalized spacial score (nSPS) is 16.8. The molecule has 1 saturated carbocycles. The Morgan fingerprint density at radius 3 is 2.54 bits per heavy atom. The van der Waals surface area contributed by atoms with Gasteiger partial charge in [-0.15, -0.1) is 16.4 Å². The maximum absolute atomic E-state index is 15.4. The maximum Gasteiger partial charge on any atom is 0.213 e. The Kier molecular flexibility index (Phi) is 5.19. The summed E-state index contributed by atoms with van der Waals surface area (Å²) < 4.78 is 19.4. The predicted octanol–water partition coefficient (Wildman–Crippen LogP) is 4.97. The molecule has 1 saturated heterocycles. The molecule has 2 aliphatic rings. The van der Waals surface area contributed by atoms with E-state index in [1.165, 1.54) is 23.0 Å². The van der Waals surface area contributed by atoms with Crippen molar-refractivity contribution in [1.82, 2.24) is 24.1 Å². The molecule has 4 heterocycles. The molecule has 5 aromatic rings. The van der Waals surface area contributed by atoms with E-state index >= 15 is 4.39 Å². The molecule has 0 spiro atoms. The van der Waals surface area contributed by atoms with Crippen LogP contribution in [0.1, 0.15) is 24.4 Å². The van der Waals surface area contributed by atoms with Crippen LogP contribution in [0.15, 0.2) is 52.8 Å². The molecular weight excluding hydrogens is 487 g/mol. The molecule has 188 valence electrons. The number of halogens is 1. The summed E-state index contributed by atoms with van der Waals surface area (Å²) in [5.41, 5.74) is 4.71. The van der Waals surface area contributed by atoms with Crippen LogP contribution in [0, 0.1) is 12.7 Å². The second kappa shape index (κ2) is 8.49. The number of fused-ring (bicyclic) bond motifs is 2. The minimum Gasteiger partial charge on any atom is -0.367 e. The number of aromatic nitrogens is 4. The molecule has 0 amide bonds. The molecule has 0 radical (unpaired) electrons. The van der Waals surface area contributed by atoms with Gasteiger partial charge in [0.1, 0.15) is 5.82 Å². The zero-order valence-electron chi connectivity index (χ0n) is 20.8. The summed E-state index contributed by atoms with van der Waals surface area (Å²) in [7, 11) is 2.08. The lowest BCUT2D eigenvalue weighted by molar-refractivity contribution is 0.312. The fourth-order valence-electron chi connectivity index (χ4n) is 5.18. The van der Waals surface area contributed by atoms with E-state index in [0.29, 0.717) is 28.5 Å². The number of benzene rings is 2. The van der Waals surface area contributed by atoms with E-state index < -0.39 is 0 Å². The molecule has 2 aromatic carbocycles. The molecule has 2 fully saturated rings. The topological polar surface area (TPSA) is 58.7 Å². The quantitative estimate of drug-likeness (QED) is 0.339. The minimum atomic E-state index is -0.353. The first-order valence-electron chi connectivity index (χ1n) is 12.7. The zero-order valence-corrected chi connectivity index (χ0v) is 21.6. The molecule has 9 heteroatoms. The van der Waals surface area contributed by atoms with Gasteiger partial charge in [-0.2, -0.15) is 4.98 Å². The molecule has 0 atom stereocenters. The number of hydrogen-bond donors (Lipinski definition) is 0. The Balaban J connectivity index is 1.36. The van der Waals surface area contributed by atoms with Crippen molar-refractivity contribution in [2.75, 3.05) is 38.1 Å².